The number of rotatable bonds is 5. The normalized spacial score (nSPS) is 25.6. The van der Waals surface area contributed by atoms with E-state index in [1.807, 2.05) is 36.4 Å². The van der Waals surface area contributed by atoms with E-state index in [0.717, 1.165) is 28.1 Å². The fourth-order valence-electron chi connectivity index (χ4n) is 5.10. The van der Waals surface area contributed by atoms with Crippen molar-refractivity contribution in [2.75, 3.05) is 6.54 Å². The topological polar surface area (TPSA) is 87.1 Å². The number of carbonyl (C=O) groups is 1. The molecule has 2 aliphatic rings. The zero-order chi connectivity index (χ0) is 26.5. The van der Waals surface area contributed by atoms with Crippen LogP contribution in [0.1, 0.15) is 72.6 Å². The number of benzene rings is 1. The third kappa shape index (κ3) is 5.50. The molecule has 1 amide bonds. The molecule has 0 radical (unpaired) electrons. The molecular formula is C28H40N4O3S. The van der Waals surface area contributed by atoms with Gasteiger partial charge in [0.15, 0.2) is 0 Å². The molecule has 8 heteroatoms. The molecule has 3 heterocycles. The second-order valence-corrected chi connectivity index (χ2v) is 13.5. The number of aryl methyl sites for hydroxylation is 1. The molecule has 1 aromatic carbocycles. The first-order valence-electron chi connectivity index (χ1n) is 12.7. The number of aromatic nitrogens is 1. The second kappa shape index (κ2) is 9.54. The number of thiazole rings is 1. The maximum atomic E-state index is 13.9. The summed E-state index contributed by atoms with van der Waals surface area (Å²) in [5.41, 5.74) is 6.79. The highest BCUT2D eigenvalue weighted by molar-refractivity contribution is 7.13. The molecule has 2 aromatic rings. The van der Waals surface area contributed by atoms with E-state index >= 15 is 0 Å². The van der Waals surface area contributed by atoms with Gasteiger partial charge in [0, 0.05) is 24.4 Å². The van der Waals surface area contributed by atoms with Gasteiger partial charge < -0.3 is 10.0 Å². The SMILES string of the molecule is Cc1ncsc1-c1ccc(C2(C)N=C([C@@H]3C[C@@H](O)CN3C(=O)[C@@H](CC(C)(C)C)C(C)(C)C)NO2)cc1. The third-order valence-electron chi connectivity index (χ3n) is 7.15. The summed E-state index contributed by atoms with van der Waals surface area (Å²) in [6, 6.07) is 7.82. The van der Waals surface area contributed by atoms with E-state index in [2.05, 4.69) is 64.1 Å². The summed E-state index contributed by atoms with van der Waals surface area (Å²) >= 11 is 1.62. The minimum absolute atomic E-state index is 0.0101. The lowest BCUT2D eigenvalue weighted by atomic mass is 9.71. The van der Waals surface area contributed by atoms with Gasteiger partial charge in [0.05, 0.1) is 28.2 Å². The number of amides is 1. The van der Waals surface area contributed by atoms with Crippen molar-refractivity contribution in [1.82, 2.24) is 15.4 Å². The molecule has 4 rings (SSSR count). The lowest BCUT2D eigenvalue weighted by molar-refractivity contribution is -0.140. The van der Waals surface area contributed by atoms with Crippen molar-refractivity contribution in [3.8, 4) is 10.4 Å². The monoisotopic (exact) mass is 512 g/mol. The molecule has 2 aliphatic heterocycles. The van der Waals surface area contributed by atoms with Gasteiger partial charge in [-0.25, -0.2) is 20.3 Å². The van der Waals surface area contributed by atoms with Crippen LogP contribution in [-0.2, 0) is 15.4 Å². The van der Waals surface area contributed by atoms with Crippen molar-refractivity contribution < 1.29 is 14.7 Å². The van der Waals surface area contributed by atoms with Crippen LogP contribution in [0.2, 0.25) is 0 Å². The predicted molar refractivity (Wildman–Crippen MR) is 144 cm³/mol. The Morgan fingerprint density at radius 3 is 2.47 bits per heavy atom. The van der Waals surface area contributed by atoms with Gasteiger partial charge in [0.1, 0.15) is 5.84 Å². The number of β-amino-alcohol motifs (C(OH)–C–C–N with tert-alkyl or cyclic N) is 1. The standard InChI is InChI=1S/C28H40N4O3S/c1-17-23(36-16-29-17)18-9-11-19(12-10-18)28(8)30-24(31-35-28)22-13-20(33)15-32(22)25(34)21(27(5,6)7)14-26(2,3)4/h9-12,16,20-22,33H,13-15H2,1-8H3,(H,30,31)/t20-,21-,22+,28?/m1/s1. The first-order valence-corrected chi connectivity index (χ1v) is 13.6. The first kappa shape index (κ1) is 26.8. The van der Waals surface area contributed by atoms with E-state index in [0.29, 0.717) is 18.8 Å². The Bertz CT molecular complexity index is 1130. The van der Waals surface area contributed by atoms with E-state index in [4.69, 9.17) is 9.83 Å². The summed E-state index contributed by atoms with van der Waals surface area (Å²) in [7, 11) is 0. The zero-order valence-electron chi connectivity index (χ0n) is 22.8. The molecule has 2 N–H and O–H groups in total. The second-order valence-electron chi connectivity index (χ2n) is 12.6. The molecule has 4 atom stereocenters. The Morgan fingerprint density at radius 1 is 1.25 bits per heavy atom. The number of likely N-dealkylation sites (tertiary alicyclic amines) is 1. The number of aliphatic hydroxyl groups excluding tert-OH is 1. The number of nitrogens with zero attached hydrogens (tertiary/aromatic N) is 3. The van der Waals surface area contributed by atoms with E-state index < -0.39 is 11.8 Å². The van der Waals surface area contributed by atoms with E-state index in [-0.39, 0.29) is 28.7 Å². The Labute approximate surface area is 218 Å². The van der Waals surface area contributed by atoms with Gasteiger partial charge in [0.25, 0.3) is 0 Å². The van der Waals surface area contributed by atoms with Gasteiger partial charge in [-0.05, 0) is 36.7 Å². The van der Waals surface area contributed by atoms with Crippen molar-refractivity contribution in [3.63, 3.8) is 0 Å². The molecule has 196 valence electrons. The molecule has 0 aliphatic carbocycles. The van der Waals surface area contributed by atoms with Crippen molar-refractivity contribution in [1.29, 1.82) is 0 Å². The van der Waals surface area contributed by atoms with Crippen LogP contribution in [0.25, 0.3) is 10.4 Å². The van der Waals surface area contributed by atoms with Gasteiger partial charge in [0.2, 0.25) is 11.6 Å². The minimum atomic E-state index is -0.923. The summed E-state index contributed by atoms with van der Waals surface area (Å²) in [5.74, 6) is 0.497. The van der Waals surface area contributed by atoms with Crippen LogP contribution in [0.15, 0.2) is 34.8 Å². The summed E-state index contributed by atoms with van der Waals surface area (Å²) < 4.78 is 0. The average Bonchev–Trinajstić information content (AvgIpc) is 3.49. The van der Waals surface area contributed by atoms with Crippen molar-refractivity contribution in [2.45, 2.75) is 86.1 Å². The van der Waals surface area contributed by atoms with Gasteiger partial charge in [-0.1, -0.05) is 65.8 Å². The Hall–Kier alpha value is -2.29. The number of hydrogen-bond donors (Lipinski definition) is 2. The van der Waals surface area contributed by atoms with Crippen LogP contribution in [0, 0.1) is 23.7 Å². The molecule has 0 spiro atoms. The molecule has 1 aromatic heterocycles. The van der Waals surface area contributed by atoms with Crippen molar-refractivity contribution in [2.24, 2.45) is 21.7 Å². The molecule has 1 saturated heterocycles. The zero-order valence-corrected chi connectivity index (χ0v) is 23.6. The van der Waals surface area contributed by atoms with E-state index in [9.17, 15) is 9.90 Å². The number of hydroxylamine groups is 1. The number of aliphatic hydroxyl groups is 1. The first-order chi connectivity index (χ1) is 16.7. The molecule has 1 fully saturated rings. The van der Waals surface area contributed by atoms with Crippen molar-refractivity contribution in [3.05, 3.63) is 41.0 Å². The maximum Gasteiger partial charge on any atom is 0.226 e. The van der Waals surface area contributed by atoms with Crippen LogP contribution in [0.5, 0.6) is 0 Å². The number of nitrogens with one attached hydrogen (secondary N) is 1. The van der Waals surface area contributed by atoms with E-state index in [1.54, 1.807) is 11.3 Å². The molecule has 0 saturated carbocycles. The summed E-state index contributed by atoms with van der Waals surface area (Å²) in [6.45, 7) is 17.1. The smallest absolute Gasteiger partial charge is 0.226 e. The highest BCUT2D eigenvalue weighted by Gasteiger charge is 2.46. The van der Waals surface area contributed by atoms with Crippen LogP contribution in [-0.4, -0.2) is 45.4 Å². The number of amidine groups is 1. The average molecular weight is 513 g/mol. The van der Waals surface area contributed by atoms with Crippen LogP contribution >= 0.6 is 11.3 Å². The molecule has 7 nitrogen and oxygen atoms in total. The quantitative estimate of drug-likeness (QED) is 0.569. The summed E-state index contributed by atoms with van der Waals surface area (Å²) in [6.07, 6.45) is 0.619. The number of carbonyl (C=O) groups excluding carboxylic acids is 1. The van der Waals surface area contributed by atoms with Gasteiger partial charge >= 0.3 is 0 Å². The Balaban J connectivity index is 1.58. The minimum Gasteiger partial charge on any atom is -0.391 e. The van der Waals surface area contributed by atoms with E-state index in [1.165, 1.54) is 0 Å². The number of hydrogen-bond acceptors (Lipinski definition) is 7. The fraction of sp³-hybridized carbons (Fsp3) is 0.607. The Kier molecular flexibility index (Phi) is 7.09. The third-order valence-corrected chi connectivity index (χ3v) is 8.13. The van der Waals surface area contributed by atoms with Crippen molar-refractivity contribution >= 4 is 23.1 Å². The molecule has 36 heavy (non-hydrogen) atoms. The Morgan fingerprint density at radius 2 is 1.92 bits per heavy atom. The van der Waals surface area contributed by atoms with Crippen LogP contribution in [0.4, 0.5) is 0 Å². The summed E-state index contributed by atoms with van der Waals surface area (Å²) in [4.78, 5) is 32.1. The van der Waals surface area contributed by atoms with Gasteiger partial charge in [-0.15, -0.1) is 11.3 Å². The van der Waals surface area contributed by atoms with Crippen LogP contribution < -0.4 is 5.48 Å². The summed E-state index contributed by atoms with van der Waals surface area (Å²) in [5, 5.41) is 10.6. The fourth-order valence-corrected chi connectivity index (χ4v) is 5.91. The largest absolute Gasteiger partial charge is 0.391 e. The van der Waals surface area contributed by atoms with Crippen LogP contribution in [0.3, 0.4) is 0 Å². The molecule has 0 bridgehead atoms. The number of aliphatic imine (C=N–C) groups is 1. The highest BCUT2D eigenvalue weighted by Crippen LogP contribution is 2.40. The highest BCUT2D eigenvalue weighted by atomic mass is 32.1. The lowest BCUT2D eigenvalue weighted by Gasteiger charge is -2.38. The van der Waals surface area contributed by atoms with Gasteiger partial charge in [-0.3, -0.25) is 4.79 Å². The predicted octanol–water partition coefficient (Wildman–Crippen LogP) is 5.28. The molecular weight excluding hydrogens is 472 g/mol. The lowest BCUT2D eigenvalue weighted by Crippen LogP contribution is -2.49. The molecule has 1 unspecified atom stereocenters. The van der Waals surface area contributed by atoms with Gasteiger partial charge in [-0.2, -0.15) is 0 Å². The maximum absolute atomic E-state index is 13.9.